The molecule has 2 aromatic rings. The van der Waals surface area contributed by atoms with Gasteiger partial charge < -0.3 is 10.3 Å². The van der Waals surface area contributed by atoms with Crippen molar-refractivity contribution >= 4 is 34.1 Å². The Morgan fingerprint density at radius 1 is 1.29 bits per heavy atom. The highest BCUT2D eigenvalue weighted by molar-refractivity contribution is 6.39. The molecule has 5 heteroatoms. The Morgan fingerprint density at radius 2 is 2.00 bits per heavy atom. The van der Waals surface area contributed by atoms with Crippen LogP contribution in [0.5, 0.6) is 5.75 Å². The SMILES string of the molecule is [O-][n+]1cccc2c(Cl)cc(Cl)c(O)c21. The molecule has 0 radical (unpaired) electrons. The van der Waals surface area contributed by atoms with Crippen molar-refractivity contribution in [1.29, 1.82) is 0 Å². The van der Waals surface area contributed by atoms with E-state index in [0.29, 0.717) is 15.1 Å². The summed E-state index contributed by atoms with van der Waals surface area (Å²) >= 11 is 11.5. The van der Waals surface area contributed by atoms with Crippen LogP contribution in [-0.4, -0.2) is 5.11 Å². The second-order valence-electron chi connectivity index (χ2n) is 2.79. The van der Waals surface area contributed by atoms with Gasteiger partial charge in [-0.15, -0.1) is 0 Å². The Hall–Kier alpha value is -1.19. The molecule has 0 aliphatic rings. The number of pyridine rings is 1. The van der Waals surface area contributed by atoms with Crippen LogP contribution in [0.15, 0.2) is 24.4 Å². The zero-order valence-electron chi connectivity index (χ0n) is 6.87. The minimum atomic E-state index is -0.248. The Morgan fingerprint density at radius 3 is 2.71 bits per heavy atom. The van der Waals surface area contributed by atoms with Gasteiger partial charge in [-0.05, 0) is 12.1 Å². The number of halogens is 2. The summed E-state index contributed by atoms with van der Waals surface area (Å²) in [6, 6.07) is 4.59. The van der Waals surface area contributed by atoms with Crippen LogP contribution in [0.4, 0.5) is 0 Å². The molecular weight excluding hydrogens is 225 g/mol. The molecule has 0 fully saturated rings. The number of phenols is 1. The van der Waals surface area contributed by atoms with Crippen LogP contribution in [0.2, 0.25) is 10.0 Å². The average molecular weight is 230 g/mol. The zero-order chi connectivity index (χ0) is 10.3. The lowest BCUT2D eigenvalue weighted by molar-refractivity contribution is -0.577. The van der Waals surface area contributed by atoms with Gasteiger partial charge in [0.15, 0.2) is 6.20 Å². The van der Waals surface area contributed by atoms with Gasteiger partial charge in [-0.2, -0.15) is 4.73 Å². The van der Waals surface area contributed by atoms with Gasteiger partial charge in [0.05, 0.1) is 15.4 Å². The van der Waals surface area contributed by atoms with E-state index in [0.717, 1.165) is 0 Å². The van der Waals surface area contributed by atoms with Crippen molar-refractivity contribution < 1.29 is 9.84 Å². The maximum atomic E-state index is 11.3. The van der Waals surface area contributed by atoms with Crippen molar-refractivity contribution in [3.8, 4) is 5.75 Å². The van der Waals surface area contributed by atoms with Crippen LogP contribution in [-0.2, 0) is 0 Å². The van der Waals surface area contributed by atoms with Gasteiger partial charge in [0.2, 0.25) is 5.75 Å². The molecule has 0 aliphatic carbocycles. The molecule has 0 aliphatic heterocycles. The zero-order valence-corrected chi connectivity index (χ0v) is 8.38. The first-order valence-corrected chi connectivity index (χ1v) is 4.55. The van der Waals surface area contributed by atoms with Crippen molar-refractivity contribution in [2.45, 2.75) is 0 Å². The number of hydrogen-bond acceptors (Lipinski definition) is 2. The van der Waals surface area contributed by atoms with Crippen LogP contribution < -0.4 is 4.73 Å². The fraction of sp³-hybridized carbons (Fsp3) is 0. The van der Waals surface area contributed by atoms with E-state index in [9.17, 15) is 10.3 Å². The first-order valence-electron chi connectivity index (χ1n) is 3.80. The molecule has 0 atom stereocenters. The van der Waals surface area contributed by atoms with Gasteiger partial charge in [0, 0.05) is 6.07 Å². The maximum absolute atomic E-state index is 11.3. The summed E-state index contributed by atoms with van der Waals surface area (Å²) < 4.78 is 0.530. The lowest BCUT2D eigenvalue weighted by Crippen LogP contribution is -2.25. The summed E-state index contributed by atoms with van der Waals surface area (Å²) in [6.07, 6.45) is 1.27. The Bertz CT molecular complexity index is 514. The molecule has 1 heterocycles. The van der Waals surface area contributed by atoms with Gasteiger partial charge in [0.25, 0.3) is 5.52 Å². The van der Waals surface area contributed by atoms with Crippen molar-refractivity contribution in [1.82, 2.24) is 0 Å². The summed E-state index contributed by atoms with van der Waals surface area (Å²) in [7, 11) is 0. The van der Waals surface area contributed by atoms with E-state index in [2.05, 4.69) is 0 Å². The van der Waals surface area contributed by atoms with Gasteiger partial charge in [-0.1, -0.05) is 23.2 Å². The highest BCUT2D eigenvalue weighted by Crippen LogP contribution is 2.34. The summed E-state index contributed by atoms with van der Waals surface area (Å²) in [5.74, 6) is -0.248. The molecule has 1 aromatic carbocycles. The largest absolute Gasteiger partial charge is 0.618 e. The Kier molecular flexibility index (Phi) is 2.13. The summed E-state index contributed by atoms with van der Waals surface area (Å²) in [5.41, 5.74) is 0.0880. The van der Waals surface area contributed by atoms with E-state index in [1.807, 2.05) is 0 Å². The van der Waals surface area contributed by atoms with Gasteiger partial charge in [-0.3, -0.25) is 0 Å². The van der Waals surface area contributed by atoms with Gasteiger partial charge in [-0.25, -0.2) is 0 Å². The van der Waals surface area contributed by atoms with Crippen LogP contribution in [0.1, 0.15) is 0 Å². The maximum Gasteiger partial charge on any atom is 0.269 e. The molecule has 1 aromatic heterocycles. The lowest BCUT2D eigenvalue weighted by atomic mass is 10.2. The number of hydrogen-bond donors (Lipinski definition) is 1. The van der Waals surface area contributed by atoms with E-state index >= 15 is 0 Å². The second-order valence-corrected chi connectivity index (χ2v) is 3.60. The van der Waals surface area contributed by atoms with Crippen LogP contribution in [0.25, 0.3) is 10.9 Å². The van der Waals surface area contributed by atoms with Crippen molar-refractivity contribution in [3.05, 3.63) is 39.6 Å². The lowest BCUT2D eigenvalue weighted by Gasteiger charge is -2.05. The molecule has 72 valence electrons. The number of aromatic nitrogens is 1. The number of nitrogens with zero attached hydrogens (tertiary/aromatic N) is 1. The number of benzene rings is 1. The predicted octanol–water partition coefficient (Wildman–Crippen LogP) is 2.49. The van der Waals surface area contributed by atoms with E-state index in [1.54, 1.807) is 12.1 Å². The molecular formula is C9H5Cl2NO2. The third kappa shape index (κ3) is 1.25. The van der Waals surface area contributed by atoms with E-state index in [1.165, 1.54) is 12.3 Å². The molecule has 1 N–H and O–H groups in total. The fourth-order valence-electron chi connectivity index (χ4n) is 1.28. The number of aromatic hydroxyl groups is 1. The minimum absolute atomic E-state index is 0.0679. The van der Waals surface area contributed by atoms with Crippen molar-refractivity contribution in [2.24, 2.45) is 0 Å². The van der Waals surface area contributed by atoms with Crippen LogP contribution in [0, 0.1) is 5.21 Å². The quantitative estimate of drug-likeness (QED) is 0.558. The predicted molar refractivity (Wildman–Crippen MR) is 54.6 cm³/mol. The standard InChI is InChI=1S/C9H5Cl2NO2/c10-6-4-7(11)9(13)8-5(6)2-1-3-12(8)14/h1-4,13H. The smallest absolute Gasteiger partial charge is 0.269 e. The van der Waals surface area contributed by atoms with Crippen LogP contribution >= 0.6 is 23.2 Å². The normalized spacial score (nSPS) is 10.7. The van der Waals surface area contributed by atoms with Crippen molar-refractivity contribution in [2.75, 3.05) is 0 Å². The van der Waals surface area contributed by atoms with Gasteiger partial charge in [0.1, 0.15) is 0 Å². The number of rotatable bonds is 0. The molecule has 0 bridgehead atoms. The monoisotopic (exact) mass is 229 g/mol. The number of phenolic OH excluding ortho intramolecular Hbond substituents is 1. The minimum Gasteiger partial charge on any atom is -0.618 e. The third-order valence-electron chi connectivity index (χ3n) is 1.92. The summed E-state index contributed by atoms with van der Waals surface area (Å²) in [4.78, 5) is 0. The Balaban J connectivity index is 3.03. The molecule has 0 saturated carbocycles. The molecule has 2 rings (SSSR count). The van der Waals surface area contributed by atoms with Gasteiger partial charge >= 0.3 is 0 Å². The summed E-state index contributed by atoms with van der Waals surface area (Å²) in [5, 5.41) is 21.8. The first kappa shape index (κ1) is 9.37. The average Bonchev–Trinajstić information content (AvgIpc) is 2.14. The van der Waals surface area contributed by atoms with E-state index in [-0.39, 0.29) is 16.3 Å². The highest BCUT2D eigenvalue weighted by Gasteiger charge is 2.15. The second kappa shape index (κ2) is 3.19. The third-order valence-corrected chi connectivity index (χ3v) is 2.52. The van der Waals surface area contributed by atoms with Crippen molar-refractivity contribution in [3.63, 3.8) is 0 Å². The van der Waals surface area contributed by atoms with Crippen LogP contribution in [0.3, 0.4) is 0 Å². The molecule has 0 spiro atoms. The summed E-state index contributed by atoms with van der Waals surface area (Å²) in [6.45, 7) is 0. The highest BCUT2D eigenvalue weighted by atomic mass is 35.5. The first-order chi connectivity index (χ1) is 6.61. The molecule has 0 amide bonds. The topological polar surface area (TPSA) is 47.2 Å². The molecule has 0 saturated heterocycles. The molecule has 3 nitrogen and oxygen atoms in total. The molecule has 14 heavy (non-hydrogen) atoms. The van der Waals surface area contributed by atoms with E-state index < -0.39 is 0 Å². The molecule has 0 unspecified atom stereocenters. The van der Waals surface area contributed by atoms with E-state index in [4.69, 9.17) is 23.2 Å². The Labute approximate surface area is 89.7 Å². The fourth-order valence-corrected chi connectivity index (χ4v) is 1.80. The number of fused-ring (bicyclic) bond motifs is 1.